The second-order valence-electron chi connectivity index (χ2n) is 10.1. The van der Waals surface area contributed by atoms with Crippen LogP contribution < -0.4 is 9.64 Å². The lowest BCUT2D eigenvalue weighted by atomic mass is 9.98. The molecule has 0 radical (unpaired) electrons. The van der Waals surface area contributed by atoms with Gasteiger partial charge < -0.3 is 14.1 Å². The molecular weight excluding hydrogens is 510 g/mol. The van der Waals surface area contributed by atoms with Gasteiger partial charge in [-0.05, 0) is 71.8 Å². The average Bonchev–Trinajstić information content (AvgIpc) is 3.58. The van der Waals surface area contributed by atoms with E-state index in [2.05, 4.69) is 108 Å². The molecule has 0 aliphatic carbocycles. The van der Waals surface area contributed by atoms with Crippen molar-refractivity contribution in [3.63, 3.8) is 0 Å². The highest BCUT2D eigenvalue weighted by Crippen LogP contribution is 2.50. The number of hydrogen-bond donors (Lipinski definition) is 0. The first-order chi connectivity index (χ1) is 19.8. The zero-order chi connectivity index (χ0) is 26.2. The van der Waals surface area contributed by atoms with Crippen molar-refractivity contribution in [2.24, 2.45) is 0 Å². The summed E-state index contributed by atoms with van der Waals surface area (Å²) in [6.07, 6.45) is 0. The molecule has 2 aromatic heterocycles. The molecule has 0 saturated heterocycles. The summed E-state index contributed by atoms with van der Waals surface area (Å²) < 4.78 is 15.2. The fraction of sp³-hybridized carbons (Fsp3) is 0. The van der Waals surface area contributed by atoms with Gasteiger partial charge in [-0.15, -0.1) is 11.3 Å². The van der Waals surface area contributed by atoms with E-state index in [9.17, 15) is 0 Å². The van der Waals surface area contributed by atoms with Gasteiger partial charge in [0.2, 0.25) is 0 Å². The number of hydrogen-bond acceptors (Lipinski definition) is 4. The van der Waals surface area contributed by atoms with Crippen LogP contribution in [0.2, 0.25) is 0 Å². The van der Waals surface area contributed by atoms with Crippen molar-refractivity contribution in [2.45, 2.75) is 0 Å². The van der Waals surface area contributed by atoms with E-state index in [4.69, 9.17) is 9.15 Å². The van der Waals surface area contributed by atoms with E-state index >= 15 is 0 Å². The minimum atomic E-state index is 0.854. The van der Waals surface area contributed by atoms with Gasteiger partial charge in [0.25, 0.3) is 0 Å². The summed E-state index contributed by atoms with van der Waals surface area (Å²) in [4.78, 5) is 2.27. The van der Waals surface area contributed by atoms with Crippen LogP contribution in [0.1, 0.15) is 0 Å². The van der Waals surface area contributed by atoms with Crippen molar-refractivity contribution >= 4 is 70.5 Å². The lowest BCUT2D eigenvalue weighted by molar-refractivity contribution is 0.477. The standard InChI is InChI=1S/C36H21NO2S/c1-6-15-33-25(8-1)26-20-21-32-35(36(26)40-33)34-24(9-7-14-31(34)39-32)22-16-18-23(19-17-22)37-27-10-2-4-12-29(27)38-30-13-5-3-11-28(30)37/h1-21H. The zero-order valence-corrected chi connectivity index (χ0v) is 22.1. The molecule has 9 rings (SSSR count). The Morgan fingerprint density at radius 3 is 2.02 bits per heavy atom. The molecule has 1 aliphatic heterocycles. The van der Waals surface area contributed by atoms with Crippen molar-refractivity contribution in [3.05, 3.63) is 127 Å². The highest BCUT2D eigenvalue weighted by atomic mass is 32.1. The quantitative estimate of drug-likeness (QED) is 0.222. The topological polar surface area (TPSA) is 25.6 Å². The molecule has 0 amide bonds. The first kappa shape index (κ1) is 21.8. The molecule has 6 aromatic carbocycles. The number of anilines is 3. The van der Waals surface area contributed by atoms with Crippen molar-refractivity contribution in [1.29, 1.82) is 0 Å². The van der Waals surface area contributed by atoms with E-state index in [0.717, 1.165) is 45.3 Å². The monoisotopic (exact) mass is 531 g/mol. The van der Waals surface area contributed by atoms with Crippen LogP contribution in [0.25, 0.3) is 53.2 Å². The molecule has 1 aliphatic rings. The number of fused-ring (bicyclic) bond motifs is 9. The molecule has 8 aromatic rings. The van der Waals surface area contributed by atoms with E-state index in [0.29, 0.717) is 0 Å². The minimum absolute atomic E-state index is 0.854. The third kappa shape index (κ3) is 3.05. The van der Waals surface area contributed by atoms with Gasteiger partial charge in [0.15, 0.2) is 11.5 Å². The van der Waals surface area contributed by atoms with Gasteiger partial charge in [-0.3, -0.25) is 0 Å². The predicted octanol–water partition coefficient (Wildman–Crippen LogP) is 11.2. The third-order valence-electron chi connectivity index (χ3n) is 7.87. The van der Waals surface area contributed by atoms with E-state index in [-0.39, 0.29) is 0 Å². The van der Waals surface area contributed by atoms with Crippen molar-refractivity contribution in [2.75, 3.05) is 4.90 Å². The van der Waals surface area contributed by atoms with Crippen LogP contribution in [-0.4, -0.2) is 0 Å². The minimum Gasteiger partial charge on any atom is -0.456 e. The molecule has 3 heterocycles. The second-order valence-corrected chi connectivity index (χ2v) is 11.2. The molecule has 3 nitrogen and oxygen atoms in total. The Labute approximate surface area is 234 Å². The smallest absolute Gasteiger partial charge is 0.151 e. The molecule has 0 atom stereocenters. The van der Waals surface area contributed by atoms with E-state index < -0.39 is 0 Å². The first-order valence-corrected chi connectivity index (χ1v) is 14.2. The number of nitrogens with zero attached hydrogens (tertiary/aromatic N) is 1. The van der Waals surface area contributed by atoms with Gasteiger partial charge in [-0.1, -0.05) is 66.7 Å². The molecule has 0 fully saturated rings. The van der Waals surface area contributed by atoms with Gasteiger partial charge in [-0.25, -0.2) is 0 Å². The molecular formula is C36H21NO2S. The van der Waals surface area contributed by atoms with Gasteiger partial charge in [0.05, 0.1) is 11.4 Å². The maximum Gasteiger partial charge on any atom is 0.151 e. The van der Waals surface area contributed by atoms with Gasteiger partial charge >= 0.3 is 0 Å². The van der Waals surface area contributed by atoms with Crippen LogP contribution in [0, 0.1) is 0 Å². The largest absolute Gasteiger partial charge is 0.456 e. The zero-order valence-electron chi connectivity index (χ0n) is 21.3. The Morgan fingerprint density at radius 1 is 0.525 bits per heavy atom. The first-order valence-electron chi connectivity index (χ1n) is 13.4. The number of benzene rings is 6. The molecule has 188 valence electrons. The number of rotatable bonds is 2. The summed E-state index contributed by atoms with van der Waals surface area (Å²) in [6, 6.07) is 44.5. The van der Waals surface area contributed by atoms with Crippen molar-refractivity contribution in [3.8, 4) is 22.6 Å². The SMILES string of the molecule is c1ccc2c(c1)Oc1ccccc1N2c1ccc(-c2cccc3oc4ccc5c6ccccc6sc5c4c23)cc1. The summed E-state index contributed by atoms with van der Waals surface area (Å²) in [5, 5.41) is 4.95. The Hall–Kier alpha value is -5.06. The molecule has 4 heteroatoms. The number of furan rings is 1. The van der Waals surface area contributed by atoms with Crippen LogP contribution in [0.15, 0.2) is 132 Å². The number of ether oxygens (including phenoxy) is 1. The Bertz CT molecular complexity index is 2210. The summed E-state index contributed by atoms with van der Waals surface area (Å²) in [6.45, 7) is 0. The van der Waals surface area contributed by atoms with E-state index in [1.54, 1.807) is 0 Å². The van der Waals surface area contributed by atoms with Crippen LogP contribution in [0.3, 0.4) is 0 Å². The highest BCUT2D eigenvalue weighted by Gasteiger charge is 2.25. The Morgan fingerprint density at radius 2 is 1.23 bits per heavy atom. The number of thiophene rings is 1. The number of para-hydroxylation sites is 4. The van der Waals surface area contributed by atoms with Crippen LogP contribution >= 0.6 is 11.3 Å². The molecule has 0 spiro atoms. The summed E-state index contributed by atoms with van der Waals surface area (Å²) in [5.41, 5.74) is 7.33. The maximum atomic E-state index is 6.40. The lowest BCUT2D eigenvalue weighted by Crippen LogP contribution is -2.15. The summed E-state index contributed by atoms with van der Waals surface area (Å²) >= 11 is 1.84. The van der Waals surface area contributed by atoms with E-state index in [1.165, 1.54) is 36.5 Å². The van der Waals surface area contributed by atoms with Gasteiger partial charge in [0.1, 0.15) is 11.2 Å². The van der Waals surface area contributed by atoms with Gasteiger partial charge in [0, 0.05) is 36.6 Å². The maximum absolute atomic E-state index is 6.40. The van der Waals surface area contributed by atoms with Crippen LogP contribution in [0.5, 0.6) is 11.5 Å². The summed E-state index contributed by atoms with van der Waals surface area (Å²) in [5.74, 6) is 1.71. The van der Waals surface area contributed by atoms with E-state index in [1.807, 2.05) is 35.6 Å². The molecule has 0 unspecified atom stereocenters. The lowest BCUT2D eigenvalue weighted by Gasteiger charge is -2.32. The average molecular weight is 532 g/mol. The van der Waals surface area contributed by atoms with Crippen molar-refractivity contribution in [1.82, 2.24) is 0 Å². The Balaban J connectivity index is 1.24. The van der Waals surface area contributed by atoms with Crippen LogP contribution in [0.4, 0.5) is 17.1 Å². The molecule has 0 N–H and O–H groups in total. The fourth-order valence-corrected chi connectivity index (χ4v) is 7.35. The molecule has 40 heavy (non-hydrogen) atoms. The summed E-state index contributed by atoms with van der Waals surface area (Å²) in [7, 11) is 0. The molecule has 0 bridgehead atoms. The predicted molar refractivity (Wildman–Crippen MR) is 167 cm³/mol. The van der Waals surface area contributed by atoms with Crippen LogP contribution in [-0.2, 0) is 0 Å². The fourth-order valence-electron chi connectivity index (χ4n) is 6.10. The third-order valence-corrected chi connectivity index (χ3v) is 9.08. The Kier molecular flexibility index (Phi) is 4.48. The normalized spacial score (nSPS) is 12.7. The highest BCUT2D eigenvalue weighted by molar-refractivity contribution is 7.26. The second kappa shape index (κ2) is 8.22. The van der Waals surface area contributed by atoms with Gasteiger partial charge in [-0.2, -0.15) is 0 Å². The van der Waals surface area contributed by atoms with Crippen molar-refractivity contribution < 1.29 is 9.15 Å². The molecule has 0 saturated carbocycles.